The van der Waals surface area contributed by atoms with Crippen LogP contribution in [-0.4, -0.2) is 5.43 Å². The molecular weight excluding hydrogens is 198 g/mol. The minimum atomic E-state index is -0.899. The van der Waals surface area contributed by atoms with Crippen molar-refractivity contribution in [3.63, 3.8) is 0 Å². The third-order valence-electron chi connectivity index (χ3n) is 1.17. The monoisotopic (exact) mass is 203 g/mol. The summed E-state index contributed by atoms with van der Waals surface area (Å²) in [5, 5.41) is 0. The molecule has 0 aliphatic heterocycles. The van der Waals surface area contributed by atoms with Crippen molar-refractivity contribution in [3.8, 4) is 11.5 Å². The largest absolute Gasteiger partial charge is 0.414 e. The maximum Gasteiger partial charge on any atom is 0.409 e. The summed E-state index contributed by atoms with van der Waals surface area (Å²) in [5.41, 5.74) is -0.899. The van der Waals surface area contributed by atoms with Crippen LogP contribution in [0.1, 0.15) is 0 Å². The maximum atomic E-state index is 10.3. The number of rotatable bonds is 3. The average Bonchev–Trinajstić information content (AvgIpc) is 2.08. The minimum absolute atomic E-state index is 0.310. The van der Waals surface area contributed by atoms with Crippen LogP contribution >= 0.6 is 11.6 Å². The molecular formula is C7H6ClNO4. The smallest absolute Gasteiger partial charge is 0.409 e. The molecule has 0 bridgehead atoms. The Labute approximate surface area is 78.8 Å². The number of hydrogen-bond donors (Lipinski definition) is 1. The van der Waals surface area contributed by atoms with E-state index in [1.807, 2.05) is 0 Å². The lowest BCUT2D eigenvalue weighted by Crippen LogP contribution is -2.03. The van der Waals surface area contributed by atoms with E-state index in [4.69, 9.17) is 11.6 Å². The Morgan fingerprint density at radius 1 is 1.23 bits per heavy atom. The molecule has 0 atom stereocenters. The lowest BCUT2D eigenvalue weighted by atomic mass is 10.3. The van der Waals surface area contributed by atoms with E-state index in [1.54, 1.807) is 0 Å². The Balaban J connectivity index is 2.64. The fourth-order valence-electron chi connectivity index (χ4n) is 0.711. The molecule has 0 saturated heterocycles. The minimum Gasteiger partial charge on any atom is -0.414 e. The quantitative estimate of drug-likeness (QED) is 0.459. The second-order valence-corrected chi connectivity index (χ2v) is 2.30. The van der Waals surface area contributed by atoms with E-state index in [9.17, 15) is 4.79 Å². The number of hydrogen-bond acceptors (Lipinski definition) is 5. The summed E-state index contributed by atoms with van der Waals surface area (Å²) >= 11 is 4.98. The van der Waals surface area contributed by atoms with Crippen molar-refractivity contribution in [2.45, 2.75) is 0 Å². The Hall–Kier alpha value is -1.30. The van der Waals surface area contributed by atoms with Crippen molar-refractivity contribution in [2.24, 2.45) is 5.90 Å². The van der Waals surface area contributed by atoms with Gasteiger partial charge in [0.15, 0.2) is 5.75 Å². The van der Waals surface area contributed by atoms with Gasteiger partial charge in [-0.2, -0.15) is 5.90 Å². The molecule has 6 heteroatoms. The van der Waals surface area contributed by atoms with Crippen LogP contribution in [0.4, 0.5) is 4.79 Å². The van der Waals surface area contributed by atoms with Gasteiger partial charge in [-0.1, -0.05) is 4.99 Å². The average molecular weight is 204 g/mol. The van der Waals surface area contributed by atoms with Gasteiger partial charge < -0.3 is 9.62 Å². The number of benzene rings is 1. The zero-order chi connectivity index (χ0) is 9.68. The van der Waals surface area contributed by atoms with Gasteiger partial charge in [0, 0.05) is 11.6 Å². The van der Waals surface area contributed by atoms with Crippen LogP contribution < -0.4 is 15.5 Å². The Kier molecular flexibility index (Phi) is 3.51. The molecule has 1 aromatic rings. The van der Waals surface area contributed by atoms with Gasteiger partial charge in [-0.3, -0.25) is 0 Å². The summed E-state index contributed by atoms with van der Waals surface area (Å²) in [6.07, 6.45) is 0. The van der Waals surface area contributed by atoms with Gasteiger partial charge in [-0.25, -0.2) is 4.79 Å². The molecule has 1 aromatic carbocycles. The SMILES string of the molecule is NOOc1ccc(OC(=O)Cl)cc1. The Morgan fingerprint density at radius 2 is 1.77 bits per heavy atom. The highest BCUT2D eigenvalue weighted by molar-refractivity contribution is 6.61. The molecule has 0 amide bonds. The van der Waals surface area contributed by atoms with Crippen molar-refractivity contribution in [1.82, 2.24) is 0 Å². The number of ether oxygens (including phenoxy) is 1. The van der Waals surface area contributed by atoms with Gasteiger partial charge in [0.05, 0.1) is 0 Å². The number of halogens is 1. The highest BCUT2D eigenvalue weighted by Gasteiger charge is 2.00. The summed E-state index contributed by atoms with van der Waals surface area (Å²) in [6, 6.07) is 5.97. The molecule has 0 aliphatic carbocycles. The van der Waals surface area contributed by atoms with E-state index >= 15 is 0 Å². The zero-order valence-electron chi connectivity index (χ0n) is 6.40. The van der Waals surface area contributed by atoms with Crippen LogP contribution in [0, 0.1) is 0 Å². The second kappa shape index (κ2) is 4.66. The summed E-state index contributed by atoms with van der Waals surface area (Å²) in [5.74, 6) is 5.35. The summed E-state index contributed by atoms with van der Waals surface area (Å²) in [4.78, 5) is 18.7. The van der Waals surface area contributed by atoms with Gasteiger partial charge in [-0.05, 0) is 24.3 Å². The van der Waals surface area contributed by atoms with Crippen molar-refractivity contribution < 1.29 is 19.4 Å². The van der Waals surface area contributed by atoms with Gasteiger partial charge in [-0.15, -0.1) is 0 Å². The summed E-state index contributed by atoms with van der Waals surface area (Å²) < 4.78 is 4.55. The van der Waals surface area contributed by atoms with Crippen LogP contribution in [0.3, 0.4) is 0 Å². The van der Waals surface area contributed by atoms with Crippen LogP contribution in [-0.2, 0) is 4.99 Å². The van der Waals surface area contributed by atoms with E-state index in [0.29, 0.717) is 11.5 Å². The second-order valence-electron chi connectivity index (χ2n) is 1.99. The molecule has 0 unspecified atom stereocenters. The van der Waals surface area contributed by atoms with Crippen LogP contribution in [0.25, 0.3) is 0 Å². The fraction of sp³-hybridized carbons (Fsp3) is 0. The summed E-state index contributed by atoms with van der Waals surface area (Å²) in [6.45, 7) is 0. The van der Waals surface area contributed by atoms with Crippen molar-refractivity contribution >= 4 is 17.0 Å². The van der Waals surface area contributed by atoms with E-state index in [-0.39, 0.29) is 0 Å². The molecule has 0 aromatic heterocycles. The lowest BCUT2D eigenvalue weighted by molar-refractivity contribution is -0.211. The van der Waals surface area contributed by atoms with E-state index in [0.717, 1.165) is 0 Å². The highest BCUT2D eigenvalue weighted by Crippen LogP contribution is 2.17. The molecule has 0 aliphatic rings. The number of carbonyl (C=O) groups is 1. The molecule has 0 saturated carbocycles. The Bertz CT molecular complexity index is 287. The zero-order valence-corrected chi connectivity index (χ0v) is 7.15. The standard InChI is InChI=1S/C7H6ClNO4/c8-7(10)11-5-1-3-6(4-2-5)12-13-9/h1-4H,9H2. The molecule has 1 rings (SSSR count). The number of nitrogens with two attached hydrogens (primary N) is 1. The first kappa shape index (κ1) is 9.79. The first-order valence-corrected chi connectivity index (χ1v) is 3.61. The lowest BCUT2D eigenvalue weighted by Gasteiger charge is -2.01. The molecule has 13 heavy (non-hydrogen) atoms. The van der Waals surface area contributed by atoms with E-state index < -0.39 is 5.43 Å². The predicted molar refractivity (Wildman–Crippen MR) is 44.2 cm³/mol. The number of carbonyl (C=O) groups excluding carboxylic acids is 1. The first-order valence-electron chi connectivity index (χ1n) is 3.23. The molecule has 2 N–H and O–H groups in total. The molecule has 70 valence electrons. The molecule has 0 spiro atoms. The van der Waals surface area contributed by atoms with E-state index in [1.165, 1.54) is 24.3 Å². The van der Waals surface area contributed by atoms with Gasteiger partial charge >= 0.3 is 5.43 Å². The third-order valence-corrected chi connectivity index (χ3v) is 1.24. The van der Waals surface area contributed by atoms with Crippen LogP contribution in [0.2, 0.25) is 0 Å². The fourth-order valence-corrected chi connectivity index (χ4v) is 0.801. The normalized spacial score (nSPS) is 9.38. The third kappa shape index (κ3) is 3.29. The first-order chi connectivity index (χ1) is 6.22. The van der Waals surface area contributed by atoms with Crippen LogP contribution in [0.15, 0.2) is 24.3 Å². The molecule has 0 fully saturated rings. The molecule has 0 radical (unpaired) electrons. The highest BCUT2D eigenvalue weighted by atomic mass is 35.5. The molecule has 5 nitrogen and oxygen atoms in total. The van der Waals surface area contributed by atoms with Gasteiger partial charge in [0.1, 0.15) is 5.75 Å². The van der Waals surface area contributed by atoms with Crippen molar-refractivity contribution in [1.29, 1.82) is 0 Å². The maximum absolute atomic E-state index is 10.3. The topological polar surface area (TPSA) is 70.8 Å². The van der Waals surface area contributed by atoms with Crippen molar-refractivity contribution in [2.75, 3.05) is 0 Å². The van der Waals surface area contributed by atoms with Crippen molar-refractivity contribution in [3.05, 3.63) is 24.3 Å². The van der Waals surface area contributed by atoms with Gasteiger partial charge in [0.25, 0.3) is 0 Å². The summed E-state index contributed by atoms with van der Waals surface area (Å²) in [7, 11) is 0. The van der Waals surface area contributed by atoms with Gasteiger partial charge in [0.2, 0.25) is 0 Å². The van der Waals surface area contributed by atoms with E-state index in [2.05, 4.69) is 20.5 Å². The Morgan fingerprint density at radius 3 is 2.23 bits per heavy atom. The predicted octanol–water partition coefficient (Wildman–Crippen LogP) is 1.61. The van der Waals surface area contributed by atoms with Crippen LogP contribution in [0.5, 0.6) is 11.5 Å². The molecule has 0 heterocycles.